The van der Waals surface area contributed by atoms with E-state index >= 15 is 0 Å². The zero-order chi connectivity index (χ0) is 16.4. The molecule has 4 heteroatoms. The van der Waals surface area contributed by atoms with Crippen LogP contribution < -0.4 is 18.9 Å². The summed E-state index contributed by atoms with van der Waals surface area (Å²) >= 11 is 0. The van der Waals surface area contributed by atoms with Gasteiger partial charge in [0.2, 0.25) is 5.75 Å². The lowest BCUT2D eigenvalue weighted by Gasteiger charge is -2.20. The maximum Gasteiger partial charge on any atom is 0.203 e. The molecular formula is C19H22O4. The molecule has 0 atom stereocenters. The number of hydrogen-bond donors (Lipinski definition) is 0. The maximum atomic E-state index is 5.72. The summed E-state index contributed by atoms with van der Waals surface area (Å²) in [6.45, 7) is 0. The van der Waals surface area contributed by atoms with Crippen molar-refractivity contribution >= 4 is 0 Å². The van der Waals surface area contributed by atoms with Gasteiger partial charge in [0.25, 0.3) is 0 Å². The van der Waals surface area contributed by atoms with Gasteiger partial charge in [-0.2, -0.15) is 0 Å². The van der Waals surface area contributed by atoms with E-state index in [4.69, 9.17) is 18.9 Å². The van der Waals surface area contributed by atoms with Crippen LogP contribution in [0.15, 0.2) is 24.3 Å². The first kappa shape index (κ1) is 15.5. The van der Waals surface area contributed by atoms with E-state index in [-0.39, 0.29) is 0 Å². The minimum atomic E-state index is 0.629. The quantitative estimate of drug-likeness (QED) is 0.858. The van der Waals surface area contributed by atoms with E-state index < -0.39 is 0 Å². The summed E-state index contributed by atoms with van der Waals surface area (Å²) in [4.78, 5) is 0. The summed E-state index contributed by atoms with van der Waals surface area (Å²) in [5.74, 6) is 2.89. The van der Waals surface area contributed by atoms with Crippen LogP contribution in [0.1, 0.15) is 17.5 Å². The Morgan fingerprint density at radius 3 is 2.13 bits per heavy atom. The standard InChI is InChI=1S/C19H22O4/c1-20-14-9-8-12-6-5-7-13-10-16(21-2)18(22-3)19(23-4)17(13)15(12)11-14/h8-11H,5-7H2,1-4H3. The van der Waals surface area contributed by atoms with Gasteiger partial charge in [-0.25, -0.2) is 0 Å². The summed E-state index contributed by atoms with van der Waals surface area (Å²) in [5, 5.41) is 0. The number of benzene rings is 2. The zero-order valence-electron chi connectivity index (χ0n) is 14.1. The van der Waals surface area contributed by atoms with Crippen LogP contribution in [-0.2, 0) is 12.8 Å². The van der Waals surface area contributed by atoms with E-state index in [1.807, 2.05) is 6.07 Å². The third kappa shape index (κ3) is 2.58. The largest absolute Gasteiger partial charge is 0.497 e. The lowest BCUT2D eigenvalue weighted by atomic mass is 9.94. The van der Waals surface area contributed by atoms with Gasteiger partial charge in [-0.15, -0.1) is 0 Å². The molecule has 122 valence electrons. The summed E-state index contributed by atoms with van der Waals surface area (Å²) < 4.78 is 22.2. The second-order valence-electron chi connectivity index (χ2n) is 5.56. The molecule has 0 heterocycles. The van der Waals surface area contributed by atoms with Crippen LogP contribution in [0.2, 0.25) is 0 Å². The van der Waals surface area contributed by atoms with E-state index in [1.54, 1.807) is 28.4 Å². The summed E-state index contributed by atoms with van der Waals surface area (Å²) in [6, 6.07) is 8.29. The van der Waals surface area contributed by atoms with Crippen molar-refractivity contribution < 1.29 is 18.9 Å². The van der Waals surface area contributed by atoms with Crippen molar-refractivity contribution in [3.63, 3.8) is 0 Å². The average Bonchev–Trinajstić information content (AvgIpc) is 2.78. The number of fused-ring (bicyclic) bond motifs is 3. The van der Waals surface area contributed by atoms with Crippen LogP contribution in [0.3, 0.4) is 0 Å². The molecule has 2 aromatic rings. The summed E-state index contributed by atoms with van der Waals surface area (Å²) in [5.41, 5.74) is 4.74. The first-order valence-electron chi connectivity index (χ1n) is 7.72. The third-order valence-corrected chi connectivity index (χ3v) is 4.39. The molecule has 0 N–H and O–H groups in total. The van der Waals surface area contributed by atoms with Crippen molar-refractivity contribution in [2.75, 3.05) is 28.4 Å². The fourth-order valence-corrected chi connectivity index (χ4v) is 3.30. The summed E-state index contributed by atoms with van der Waals surface area (Å²) in [6.07, 6.45) is 3.09. The molecule has 0 spiro atoms. The van der Waals surface area contributed by atoms with Crippen molar-refractivity contribution in [3.05, 3.63) is 35.4 Å². The van der Waals surface area contributed by atoms with Crippen LogP contribution in [0.25, 0.3) is 11.1 Å². The molecule has 0 fully saturated rings. The van der Waals surface area contributed by atoms with Crippen LogP contribution in [0.4, 0.5) is 0 Å². The Hall–Kier alpha value is -2.36. The Morgan fingerprint density at radius 2 is 1.48 bits per heavy atom. The number of aryl methyl sites for hydroxylation is 2. The van der Waals surface area contributed by atoms with Gasteiger partial charge in [-0.1, -0.05) is 6.07 Å². The predicted molar refractivity (Wildman–Crippen MR) is 90.1 cm³/mol. The molecule has 2 aromatic carbocycles. The number of hydrogen-bond acceptors (Lipinski definition) is 4. The van der Waals surface area contributed by atoms with Gasteiger partial charge >= 0.3 is 0 Å². The molecule has 3 rings (SSSR count). The average molecular weight is 314 g/mol. The molecule has 0 radical (unpaired) electrons. The highest BCUT2D eigenvalue weighted by molar-refractivity contribution is 5.83. The topological polar surface area (TPSA) is 36.9 Å². The number of ether oxygens (including phenoxy) is 4. The van der Waals surface area contributed by atoms with E-state index in [0.29, 0.717) is 11.5 Å². The minimum absolute atomic E-state index is 0.629. The van der Waals surface area contributed by atoms with Crippen molar-refractivity contribution in [1.29, 1.82) is 0 Å². The van der Waals surface area contributed by atoms with Crippen molar-refractivity contribution in [2.24, 2.45) is 0 Å². The fourth-order valence-electron chi connectivity index (χ4n) is 3.30. The normalized spacial score (nSPS) is 12.7. The van der Waals surface area contributed by atoms with Gasteiger partial charge in [0.05, 0.1) is 28.4 Å². The lowest BCUT2D eigenvalue weighted by molar-refractivity contribution is 0.324. The van der Waals surface area contributed by atoms with E-state index in [2.05, 4.69) is 18.2 Å². The monoisotopic (exact) mass is 314 g/mol. The Labute approximate surface area is 136 Å². The molecule has 0 aromatic heterocycles. The molecule has 0 unspecified atom stereocenters. The van der Waals surface area contributed by atoms with E-state index in [0.717, 1.165) is 41.9 Å². The Morgan fingerprint density at radius 1 is 0.739 bits per heavy atom. The molecule has 0 bridgehead atoms. The van der Waals surface area contributed by atoms with Gasteiger partial charge in [-0.3, -0.25) is 0 Å². The van der Waals surface area contributed by atoms with Crippen molar-refractivity contribution in [2.45, 2.75) is 19.3 Å². The molecule has 0 saturated heterocycles. The Balaban J connectivity index is 2.34. The highest BCUT2D eigenvalue weighted by Gasteiger charge is 2.25. The van der Waals surface area contributed by atoms with Gasteiger partial charge in [0, 0.05) is 5.56 Å². The zero-order valence-corrected chi connectivity index (χ0v) is 14.1. The smallest absolute Gasteiger partial charge is 0.203 e. The van der Waals surface area contributed by atoms with Crippen LogP contribution in [0, 0.1) is 0 Å². The molecule has 23 heavy (non-hydrogen) atoms. The molecule has 0 amide bonds. The lowest BCUT2D eigenvalue weighted by Crippen LogP contribution is -2.00. The fraction of sp³-hybridized carbons (Fsp3) is 0.368. The maximum absolute atomic E-state index is 5.72. The molecule has 0 saturated carbocycles. The number of methoxy groups -OCH3 is 4. The SMILES string of the molecule is COc1ccc2c(c1)-c1c(cc(OC)c(OC)c1OC)CCC2. The second kappa shape index (κ2) is 6.41. The Bertz CT molecular complexity index is 722. The van der Waals surface area contributed by atoms with Crippen molar-refractivity contribution in [3.8, 4) is 34.1 Å². The van der Waals surface area contributed by atoms with Crippen LogP contribution in [0.5, 0.6) is 23.0 Å². The highest BCUT2D eigenvalue weighted by atomic mass is 16.5. The molecular weight excluding hydrogens is 292 g/mol. The van der Waals surface area contributed by atoms with Crippen LogP contribution in [-0.4, -0.2) is 28.4 Å². The van der Waals surface area contributed by atoms with E-state index in [9.17, 15) is 0 Å². The molecule has 1 aliphatic rings. The highest BCUT2D eigenvalue weighted by Crippen LogP contribution is 2.49. The van der Waals surface area contributed by atoms with Gasteiger partial charge in [-0.05, 0) is 54.2 Å². The van der Waals surface area contributed by atoms with Gasteiger partial charge in [0.1, 0.15) is 5.75 Å². The van der Waals surface area contributed by atoms with Gasteiger partial charge in [0.15, 0.2) is 11.5 Å². The van der Waals surface area contributed by atoms with Crippen molar-refractivity contribution in [1.82, 2.24) is 0 Å². The first-order chi connectivity index (χ1) is 11.2. The summed E-state index contributed by atoms with van der Waals surface area (Å²) in [7, 11) is 6.64. The molecule has 1 aliphatic carbocycles. The molecule has 0 aliphatic heterocycles. The van der Waals surface area contributed by atoms with Crippen LogP contribution >= 0.6 is 0 Å². The number of rotatable bonds is 4. The first-order valence-corrected chi connectivity index (χ1v) is 7.72. The third-order valence-electron chi connectivity index (χ3n) is 4.39. The Kier molecular flexibility index (Phi) is 4.33. The second-order valence-corrected chi connectivity index (χ2v) is 5.56. The molecule has 4 nitrogen and oxygen atoms in total. The minimum Gasteiger partial charge on any atom is -0.497 e. The van der Waals surface area contributed by atoms with Gasteiger partial charge < -0.3 is 18.9 Å². The predicted octanol–water partition coefficient (Wildman–Crippen LogP) is 3.88. The van der Waals surface area contributed by atoms with E-state index in [1.165, 1.54) is 11.1 Å².